The summed E-state index contributed by atoms with van der Waals surface area (Å²) >= 11 is 1.53. The Morgan fingerprint density at radius 1 is 1.06 bits per heavy atom. The van der Waals surface area contributed by atoms with Crippen LogP contribution in [0.2, 0.25) is 0 Å². The zero-order valence-corrected chi connectivity index (χ0v) is 20.0. The molecule has 0 heterocycles. The van der Waals surface area contributed by atoms with E-state index in [0.29, 0.717) is 25.0 Å². The highest BCUT2D eigenvalue weighted by Gasteiger charge is 2.36. The predicted molar refractivity (Wildman–Crippen MR) is 132 cm³/mol. The number of aliphatic carboxylic acids is 1. The summed E-state index contributed by atoms with van der Waals surface area (Å²) in [6.07, 6.45) is 3.75. The van der Waals surface area contributed by atoms with Crippen molar-refractivity contribution in [3.63, 3.8) is 0 Å². The molecule has 34 heavy (non-hydrogen) atoms. The fourth-order valence-electron chi connectivity index (χ4n) is 5.01. The maximum atomic E-state index is 12.8. The van der Waals surface area contributed by atoms with Crippen LogP contribution in [0.15, 0.2) is 48.5 Å². The molecule has 4 rings (SSSR count). The molecule has 3 atom stereocenters. The Hall–Kier alpha value is -3.00. The number of carboxylic acid groups (broad SMARTS) is 1. The molecule has 7 nitrogen and oxygen atoms in total. The molecule has 1 fully saturated rings. The van der Waals surface area contributed by atoms with E-state index in [2.05, 4.69) is 34.9 Å². The molecule has 0 aromatic heterocycles. The van der Waals surface area contributed by atoms with E-state index in [1.54, 1.807) is 0 Å². The minimum absolute atomic E-state index is 0.0337. The molecule has 2 aliphatic rings. The molecule has 2 aromatic carbocycles. The van der Waals surface area contributed by atoms with Crippen LogP contribution < -0.4 is 10.6 Å². The first kappa shape index (κ1) is 24.1. The van der Waals surface area contributed by atoms with Gasteiger partial charge in [0.1, 0.15) is 12.6 Å². The van der Waals surface area contributed by atoms with Crippen molar-refractivity contribution in [3.8, 4) is 11.1 Å². The van der Waals surface area contributed by atoms with Crippen LogP contribution in [0.25, 0.3) is 11.1 Å². The average Bonchev–Trinajstić information content (AvgIpc) is 3.42. The summed E-state index contributed by atoms with van der Waals surface area (Å²) < 4.78 is 5.62. The Balaban J connectivity index is 1.35. The Labute approximate surface area is 203 Å². The number of alkyl carbamates (subject to hydrolysis) is 1. The predicted octanol–water partition coefficient (Wildman–Crippen LogP) is 4.02. The molecule has 0 saturated heterocycles. The van der Waals surface area contributed by atoms with E-state index in [9.17, 15) is 19.5 Å². The molecule has 2 amide bonds. The highest BCUT2D eigenvalue weighted by molar-refractivity contribution is 7.98. The summed E-state index contributed by atoms with van der Waals surface area (Å²) in [6.45, 7) is 0.208. The first-order chi connectivity index (χ1) is 16.5. The van der Waals surface area contributed by atoms with Gasteiger partial charge in [-0.1, -0.05) is 55.0 Å². The van der Waals surface area contributed by atoms with Crippen molar-refractivity contribution in [2.45, 2.75) is 43.7 Å². The second-order valence-electron chi connectivity index (χ2n) is 8.79. The molecule has 3 N–H and O–H groups in total. The monoisotopic (exact) mass is 482 g/mol. The molecule has 0 spiro atoms. The molecular formula is C26H30N2O5S. The standard InChI is InChI=1S/C26H30N2O5S/c1-34-14-13-23(25(30)31)27-24(29)20-11-6-12-22(20)28-26(32)33-15-21-18-9-4-2-7-16(18)17-8-3-5-10-19(17)21/h2-5,7-10,20-23H,6,11-15H2,1H3,(H,27,29)(H,28,32)(H,30,31)/t20?,22?,23-/m1/s1. The lowest BCUT2D eigenvalue weighted by Crippen LogP contribution is -2.49. The van der Waals surface area contributed by atoms with Gasteiger partial charge >= 0.3 is 12.1 Å². The van der Waals surface area contributed by atoms with E-state index in [-0.39, 0.29) is 24.5 Å². The van der Waals surface area contributed by atoms with Crippen molar-refractivity contribution >= 4 is 29.7 Å². The lowest BCUT2D eigenvalue weighted by Gasteiger charge is -2.23. The van der Waals surface area contributed by atoms with Crippen molar-refractivity contribution in [2.24, 2.45) is 5.92 Å². The van der Waals surface area contributed by atoms with Gasteiger partial charge in [0, 0.05) is 12.0 Å². The van der Waals surface area contributed by atoms with Crippen LogP contribution in [-0.4, -0.2) is 53.8 Å². The zero-order valence-electron chi connectivity index (χ0n) is 19.2. The summed E-state index contributed by atoms with van der Waals surface area (Å²) in [5, 5.41) is 14.9. The Bertz CT molecular complexity index is 1010. The van der Waals surface area contributed by atoms with E-state index >= 15 is 0 Å². The summed E-state index contributed by atoms with van der Waals surface area (Å²) in [4.78, 5) is 36.9. The maximum Gasteiger partial charge on any atom is 0.407 e. The summed E-state index contributed by atoms with van der Waals surface area (Å²) in [6, 6.07) is 15.0. The highest BCUT2D eigenvalue weighted by Crippen LogP contribution is 2.44. The van der Waals surface area contributed by atoms with Crippen LogP contribution in [0.3, 0.4) is 0 Å². The number of benzene rings is 2. The van der Waals surface area contributed by atoms with E-state index < -0.39 is 24.0 Å². The number of rotatable bonds is 9. The molecule has 2 unspecified atom stereocenters. The molecule has 0 aliphatic heterocycles. The van der Waals surface area contributed by atoms with Gasteiger partial charge in [-0.3, -0.25) is 4.79 Å². The van der Waals surface area contributed by atoms with Gasteiger partial charge in [-0.25, -0.2) is 9.59 Å². The quantitative estimate of drug-likeness (QED) is 0.499. The number of carbonyl (C=O) groups is 3. The first-order valence-electron chi connectivity index (χ1n) is 11.6. The summed E-state index contributed by atoms with van der Waals surface area (Å²) in [5.41, 5.74) is 4.60. The van der Waals surface area contributed by atoms with E-state index in [0.717, 1.165) is 28.7 Å². The number of hydrogen-bond donors (Lipinski definition) is 3. The lowest BCUT2D eigenvalue weighted by molar-refractivity contribution is -0.142. The van der Waals surface area contributed by atoms with Crippen molar-refractivity contribution in [1.82, 2.24) is 10.6 Å². The van der Waals surface area contributed by atoms with Crippen molar-refractivity contribution in [3.05, 3.63) is 59.7 Å². The number of thioether (sulfide) groups is 1. The van der Waals surface area contributed by atoms with Crippen LogP contribution >= 0.6 is 11.8 Å². The molecular weight excluding hydrogens is 452 g/mol. The van der Waals surface area contributed by atoms with Gasteiger partial charge in [-0.2, -0.15) is 11.8 Å². The number of hydrogen-bond acceptors (Lipinski definition) is 5. The second kappa shape index (κ2) is 11.0. The zero-order chi connectivity index (χ0) is 24.1. The fourth-order valence-corrected chi connectivity index (χ4v) is 5.48. The number of carboxylic acids is 1. The second-order valence-corrected chi connectivity index (χ2v) is 9.78. The van der Waals surface area contributed by atoms with Gasteiger partial charge in [0.2, 0.25) is 5.91 Å². The summed E-state index contributed by atoms with van der Waals surface area (Å²) in [7, 11) is 0. The van der Waals surface area contributed by atoms with Gasteiger partial charge < -0.3 is 20.5 Å². The third kappa shape index (κ3) is 5.22. The average molecular weight is 483 g/mol. The summed E-state index contributed by atoms with van der Waals surface area (Å²) in [5.74, 6) is -1.22. The lowest BCUT2D eigenvalue weighted by atomic mass is 9.98. The van der Waals surface area contributed by atoms with Crippen molar-refractivity contribution < 1.29 is 24.2 Å². The number of ether oxygens (including phenoxy) is 1. The number of amides is 2. The fraction of sp³-hybridized carbons (Fsp3) is 0.423. The first-order valence-corrected chi connectivity index (χ1v) is 13.0. The van der Waals surface area contributed by atoms with Crippen molar-refractivity contribution in [2.75, 3.05) is 18.6 Å². The normalized spacial score (nSPS) is 19.7. The highest BCUT2D eigenvalue weighted by atomic mass is 32.2. The third-order valence-corrected chi connectivity index (χ3v) is 7.37. The van der Waals surface area contributed by atoms with Crippen LogP contribution in [0.5, 0.6) is 0 Å². The maximum absolute atomic E-state index is 12.8. The molecule has 1 saturated carbocycles. The van der Waals surface area contributed by atoms with Gasteiger partial charge in [-0.05, 0) is 53.5 Å². The van der Waals surface area contributed by atoms with E-state index in [4.69, 9.17) is 4.74 Å². The minimum Gasteiger partial charge on any atom is -0.480 e. The van der Waals surface area contributed by atoms with Gasteiger partial charge in [-0.15, -0.1) is 0 Å². The largest absolute Gasteiger partial charge is 0.480 e. The van der Waals surface area contributed by atoms with E-state index in [1.165, 1.54) is 11.8 Å². The van der Waals surface area contributed by atoms with Gasteiger partial charge in [0.25, 0.3) is 0 Å². The molecule has 2 aliphatic carbocycles. The molecule has 180 valence electrons. The molecule has 8 heteroatoms. The molecule has 0 radical (unpaired) electrons. The SMILES string of the molecule is CSCC[C@@H](NC(=O)C1CCCC1NC(=O)OCC1c2ccccc2-c2ccccc21)C(=O)O. The van der Waals surface area contributed by atoms with Crippen LogP contribution in [0.4, 0.5) is 4.79 Å². The van der Waals surface area contributed by atoms with Gasteiger partial charge in [0.05, 0.1) is 5.92 Å². The molecule has 0 bridgehead atoms. The number of carbonyl (C=O) groups excluding carboxylic acids is 2. The Kier molecular flexibility index (Phi) is 7.77. The van der Waals surface area contributed by atoms with Crippen molar-refractivity contribution in [1.29, 1.82) is 0 Å². The van der Waals surface area contributed by atoms with E-state index in [1.807, 2.05) is 30.5 Å². The third-order valence-electron chi connectivity index (χ3n) is 6.72. The molecule has 2 aromatic rings. The number of fused-ring (bicyclic) bond motifs is 3. The Morgan fingerprint density at radius 3 is 2.32 bits per heavy atom. The minimum atomic E-state index is -1.04. The van der Waals surface area contributed by atoms with Crippen LogP contribution in [0, 0.1) is 5.92 Å². The van der Waals surface area contributed by atoms with Crippen LogP contribution in [-0.2, 0) is 14.3 Å². The van der Waals surface area contributed by atoms with Gasteiger partial charge in [0.15, 0.2) is 0 Å². The topological polar surface area (TPSA) is 105 Å². The van der Waals surface area contributed by atoms with Crippen LogP contribution in [0.1, 0.15) is 42.7 Å². The smallest absolute Gasteiger partial charge is 0.407 e. The Morgan fingerprint density at radius 2 is 1.71 bits per heavy atom. The number of nitrogens with one attached hydrogen (secondary N) is 2.